The smallest absolute Gasteiger partial charge is 0.308 e. The van der Waals surface area contributed by atoms with E-state index in [0.717, 1.165) is 23.0 Å². The Morgan fingerprint density at radius 3 is 2.73 bits per heavy atom. The zero-order chi connectivity index (χ0) is 18.4. The van der Waals surface area contributed by atoms with Crippen molar-refractivity contribution in [2.24, 2.45) is 0 Å². The van der Waals surface area contributed by atoms with Crippen molar-refractivity contribution < 1.29 is 4.79 Å². The maximum absolute atomic E-state index is 12.4. The van der Waals surface area contributed by atoms with Crippen LogP contribution in [0.2, 0.25) is 0 Å². The normalized spacial score (nSPS) is 9.96. The predicted molar refractivity (Wildman–Crippen MR) is 98.5 cm³/mol. The topological polar surface area (TPSA) is 109 Å². The second kappa shape index (κ2) is 7.77. The molecule has 1 heterocycles. The number of carbonyl (C=O) groups is 1. The van der Waals surface area contributed by atoms with Crippen molar-refractivity contribution in [3.8, 4) is 17.2 Å². The molecule has 0 fully saturated rings. The molecular weight excluding hydrogens is 328 g/mol. The van der Waals surface area contributed by atoms with Crippen LogP contribution in [0.3, 0.4) is 0 Å². The summed E-state index contributed by atoms with van der Waals surface area (Å²) in [4.78, 5) is 13.6. The van der Waals surface area contributed by atoms with E-state index in [-0.39, 0.29) is 6.54 Å². The van der Waals surface area contributed by atoms with Gasteiger partial charge in [-0.3, -0.25) is 15.4 Å². The van der Waals surface area contributed by atoms with Crippen LogP contribution >= 0.6 is 0 Å². The van der Waals surface area contributed by atoms with Gasteiger partial charge >= 0.3 is 6.03 Å². The maximum atomic E-state index is 12.4. The molecule has 0 radical (unpaired) electrons. The Labute approximate surface area is 150 Å². The minimum atomic E-state index is -0.418. The number of hydrogen-bond donors (Lipinski definition) is 3. The highest BCUT2D eigenvalue weighted by Gasteiger charge is 2.12. The van der Waals surface area contributed by atoms with Crippen molar-refractivity contribution >= 4 is 18.1 Å². The van der Waals surface area contributed by atoms with Crippen molar-refractivity contribution in [1.82, 2.24) is 15.1 Å². The van der Waals surface area contributed by atoms with Crippen LogP contribution in [0.25, 0.3) is 11.1 Å². The molecular formula is C19H16N6O. The average molecular weight is 344 g/mol. The molecule has 0 aliphatic rings. The molecule has 2 aromatic carbocycles. The quantitative estimate of drug-likeness (QED) is 0.486. The maximum Gasteiger partial charge on any atom is 0.327 e. The number of benzene rings is 2. The van der Waals surface area contributed by atoms with E-state index >= 15 is 0 Å². The molecule has 3 rings (SSSR count). The number of amides is 2. The summed E-state index contributed by atoms with van der Waals surface area (Å²) < 4.78 is 0. The number of rotatable bonds is 5. The molecule has 0 saturated heterocycles. The molecule has 3 N–H and O–H groups in total. The Kier molecular flexibility index (Phi) is 5.05. The summed E-state index contributed by atoms with van der Waals surface area (Å²) >= 11 is 0. The van der Waals surface area contributed by atoms with Crippen molar-refractivity contribution in [1.29, 1.82) is 10.7 Å². The number of nitrogens with zero attached hydrogens (tertiary/aromatic N) is 3. The number of aromatic nitrogens is 2. The second-order valence-corrected chi connectivity index (χ2v) is 5.56. The molecule has 128 valence electrons. The summed E-state index contributed by atoms with van der Waals surface area (Å²) in [6, 6.07) is 15.9. The highest BCUT2D eigenvalue weighted by atomic mass is 16.2. The first-order chi connectivity index (χ1) is 12.7. The number of nitriles is 1. The molecule has 26 heavy (non-hydrogen) atoms. The van der Waals surface area contributed by atoms with Gasteiger partial charge in [0, 0.05) is 17.4 Å². The predicted octanol–water partition coefficient (Wildman–Crippen LogP) is 3.59. The number of urea groups is 1. The molecule has 1 aromatic heterocycles. The molecule has 0 aliphatic carbocycles. The van der Waals surface area contributed by atoms with Crippen LogP contribution in [0.5, 0.6) is 0 Å². The van der Waals surface area contributed by atoms with Gasteiger partial charge in [-0.15, -0.1) is 0 Å². The fourth-order valence-electron chi connectivity index (χ4n) is 2.46. The Morgan fingerprint density at radius 2 is 2.08 bits per heavy atom. The lowest BCUT2D eigenvalue weighted by atomic mass is 10.1. The van der Waals surface area contributed by atoms with Gasteiger partial charge in [-0.2, -0.15) is 10.4 Å². The van der Waals surface area contributed by atoms with Crippen LogP contribution in [0.1, 0.15) is 11.1 Å². The van der Waals surface area contributed by atoms with Crippen LogP contribution < -0.4 is 5.32 Å². The number of aromatic amines is 1. The zero-order valence-corrected chi connectivity index (χ0v) is 13.8. The van der Waals surface area contributed by atoms with E-state index in [1.807, 2.05) is 18.2 Å². The number of nitrogens with one attached hydrogen (secondary N) is 3. The van der Waals surface area contributed by atoms with Gasteiger partial charge in [-0.1, -0.05) is 24.3 Å². The van der Waals surface area contributed by atoms with E-state index < -0.39 is 6.03 Å². The fraction of sp³-hybridized carbons (Fsp3) is 0.0526. The van der Waals surface area contributed by atoms with Crippen molar-refractivity contribution in [2.75, 3.05) is 5.32 Å². The second-order valence-electron chi connectivity index (χ2n) is 5.56. The van der Waals surface area contributed by atoms with Crippen LogP contribution in [0, 0.1) is 16.7 Å². The van der Waals surface area contributed by atoms with Gasteiger partial charge in [0.2, 0.25) is 0 Å². The average Bonchev–Trinajstić information content (AvgIpc) is 3.21. The highest BCUT2D eigenvalue weighted by molar-refractivity contribution is 5.96. The first kappa shape index (κ1) is 16.9. The molecule has 0 unspecified atom stereocenters. The summed E-state index contributed by atoms with van der Waals surface area (Å²) in [5.41, 5.74) is 3.86. The first-order valence-corrected chi connectivity index (χ1v) is 7.86. The van der Waals surface area contributed by atoms with E-state index in [2.05, 4.69) is 21.6 Å². The molecule has 7 heteroatoms. The van der Waals surface area contributed by atoms with E-state index in [4.69, 9.17) is 10.7 Å². The van der Waals surface area contributed by atoms with Gasteiger partial charge in [0.05, 0.1) is 30.7 Å². The molecule has 2 amide bonds. The summed E-state index contributed by atoms with van der Waals surface area (Å²) in [5, 5.41) is 25.9. The summed E-state index contributed by atoms with van der Waals surface area (Å²) in [6.07, 6.45) is 4.48. The van der Waals surface area contributed by atoms with Crippen molar-refractivity contribution in [3.63, 3.8) is 0 Å². The van der Waals surface area contributed by atoms with E-state index in [0.29, 0.717) is 11.3 Å². The standard InChI is InChI=1S/C19H16N6O/c20-9-14-2-1-3-15(8-14)12-25(13-21)19(26)24-18-6-4-16(5-7-18)17-10-22-23-11-17/h1-8,10-11,13,21H,12H2,(H,22,23)(H,24,26). The Hall–Kier alpha value is -3.92. The van der Waals surface area contributed by atoms with Gasteiger partial charge < -0.3 is 5.32 Å². The van der Waals surface area contributed by atoms with Gasteiger partial charge in [0.1, 0.15) is 0 Å². The molecule has 0 saturated carbocycles. The molecule has 0 atom stereocenters. The molecule has 0 aliphatic heterocycles. The third-order valence-corrected chi connectivity index (χ3v) is 3.79. The number of hydrogen-bond acceptors (Lipinski definition) is 4. The van der Waals surface area contributed by atoms with E-state index in [1.54, 1.807) is 42.7 Å². The molecule has 0 spiro atoms. The number of carbonyl (C=O) groups excluding carboxylic acids is 1. The minimum Gasteiger partial charge on any atom is -0.308 e. The van der Waals surface area contributed by atoms with Crippen molar-refractivity contribution in [2.45, 2.75) is 6.54 Å². The van der Waals surface area contributed by atoms with E-state index in [1.165, 1.54) is 4.90 Å². The van der Waals surface area contributed by atoms with E-state index in [9.17, 15) is 4.79 Å². The van der Waals surface area contributed by atoms with Crippen LogP contribution in [0.4, 0.5) is 10.5 Å². The van der Waals surface area contributed by atoms with Crippen LogP contribution in [0.15, 0.2) is 60.9 Å². The summed E-state index contributed by atoms with van der Waals surface area (Å²) in [7, 11) is 0. The zero-order valence-electron chi connectivity index (χ0n) is 13.8. The Morgan fingerprint density at radius 1 is 1.27 bits per heavy atom. The van der Waals surface area contributed by atoms with Gasteiger partial charge in [-0.25, -0.2) is 4.79 Å². The largest absolute Gasteiger partial charge is 0.327 e. The number of anilines is 1. The SMILES string of the molecule is N#Cc1cccc(CN(C=N)C(=O)Nc2ccc(-c3cn[nH]c3)cc2)c1. The lowest BCUT2D eigenvalue weighted by molar-refractivity contribution is 0.233. The number of H-pyrrole nitrogens is 1. The summed E-state index contributed by atoms with van der Waals surface area (Å²) in [5.74, 6) is 0. The monoisotopic (exact) mass is 344 g/mol. The highest BCUT2D eigenvalue weighted by Crippen LogP contribution is 2.20. The lowest BCUT2D eigenvalue weighted by Crippen LogP contribution is -2.33. The molecule has 7 nitrogen and oxygen atoms in total. The lowest BCUT2D eigenvalue weighted by Gasteiger charge is -2.18. The Balaban J connectivity index is 1.67. The van der Waals surface area contributed by atoms with Crippen molar-refractivity contribution in [3.05, 3.63) is 72.1 Å². The van der Waals surface area contributed by atoms with Gasteiger partial charge in [-0.05, 0) is 35.4 Å². The molecule has 0 bridgehead atoms. The third kappa shape index (κ3) is 3.94. The fourth-order valence-corrected chi connectivity index (χ4v) is 2.46. The minimum absolute atomic E-state index is 0.206. The van der Waals surface area contributed by atoms with Gasteiger partial charge in [0.15, 0.2) is 0 Å². The molecule has 3 aromatic rings. The van der Waals surface area contributed by atoms with Crippen LogP contribution in [-0.4, -0.2) is 27.5 Å². The van der Waals surface area contributed by atoms with Gasteiger partial charge in [0.25, 0.3) is 0 Å². The first-order valence-electron chi connectivity index (χ1n) is 7.86. The Bertz CT molecular complexity index is 941. The summed E-state index contributed by atoms with van der Waals surface area (Å²) in [6.45, 7) is 0.206. The third-order valence-electron chi connectivity index (χ3n) is 3.79. The van der Waals surface area contributed by atoms with Crippen LogP contribution in [-0.2, 0) is 6.54 Å².